The molecule has 0 aromatic carbocycles. The molecule has 2 fully saturated rings. The van der Waals surface area contributed by atoms with Gasteiger partial charge in [0.25, 0.3) is 0 Å². The van der Waals surface area contributed by atoms with Crippen LogP contribution in [0.4, 0.5) is 16.3 Å². The zero-order valence-electron chi connectivity index (χ0n) is 17.3. The minimum Gasteiger partial charge on any atom is -0.441 e. The number of hydrogen-bond acceptors (Lipinski definition) is 7. The standard InChI is InChI=1S/C21H23N7O2.2ClH/c29-20-28(17-12-26-27-13-17)14-21(30-20)6-4-15(5-7-21)10-24-18-3-2-16(11-25-18)19-22-8-1-9-23-19;;/h1-3,8-9,11-13,15H,4-7,10,14H2,(H,24,25)(H,26,27);2*1H/t15-,21-;;. The number of carbonyl (C=O) groups is 1. The average molecular weight is 478 g/mol. The predicted molar refractivity (Wildman–Crippen MR) is 125 cm³/mol. The molecular weight excluding hydrogens is 453 g/mol. The van der Waals surface area contributed by atoms with Crippen molar-refractivity contribution in [2.45, 2.75) is 31.3 Å². The number of hydrogen-bond donors (Lipinski definition) is 2. The maximum atomic E-state index is 12.3. The van der Waals surface area contributed by atoms with E-state index in [2.05, 4.69) is 30.5 Å². The Kier molecular flexibility index (Phi) is 7.52. The SMILES string of the molecule is Cl.Cl.O=C1O[C@]2(CC[C@H](CNc3ccc(-c4ncccn4)cn3)CC2)CN1c1cn[nH]c1. The fraction of sp³-hybridized carbons (Fsp3) is 0.381. The number of halogens is 2. The highest BCUT2D eigenvalue weighted by Crippen LogP contribution is 2.40. The monoisotopic (exact) mass is 477 g/mol. The Morgan fingerprint density at radius 1 is 1.12 bits per heavy atom. The molecule has 170 valence electrons. The molecule has 1 amide bonds. The third-order valence-electron chi connectivity index (χ3n) is 5.94. The number of H-pyrrole nitrogens is 1. The Morgan fingerprint density at radius 2 is 1.91 bits per heavy atom. The summed E-state index contributed by atoms with van der Waals surface area (Å²) in [5, 5.41) is 10.1. The van der Waals surface area contributed by atoms with Gasteiger partial charge in [0.2, 0.25) is 0 Å². The van der Waals surface area contributed by atoms with Gasteiger partial charge in [-0.3, -0.25) is 10.00 Å². The van der Waals surface area contributed by atoms with E-state index in [1.165, 1.54) is 0 Å². The van der Waals surface area contributed by atoms with E-state index in [0.29, 0.717) is 18.3 Å². The number of carbonyl (C=O) groups excluding carboxylic acids is 1. The van der Waals surface area contributed by atoms with Crippen LogP contribution in [0.1, 0.15) is 25.7 Å². The molecule has 1 saturated carbocycles. The van der Waals surface area contributed by atoms with E-state index in [1.54, 1.807) is 42.0 Å². The first-order chi connectivity index (χ1) is 14.7. The second-order valence-electron chi connectivity index (χ2n) is 7.92. The highest BCUT2D eigenvalue weighted by Gasteiger charge is 2.47. The summed E-state index contributed by atoms with van der Waals surface area (Å²) in [6, 6.07) is 5.73. The molecule has 9 nitrogen and oxygen atoms in total. The largest absolute Gasteiger partial charge is 0.441 e. The molecule has 1 saturated heterocycles. The fourth-order valence-electron chi connectivity index (χ4n) is 4.21. The molecule has 0 unspecified atom stereocenters. The van der Waals surface area contributed by atoms with E-state index in [-0.39, 0.29) is 36.5 Å². The summed E-state index contributed by atoms with van der Waals surface area (Å²) < 4.78 is 5.79. The van der Waals surface area contributed by atoms with Crippen molar-refractivity contribution in [3.63, 3.8) is 0 Å². The van der Waals surface area contributed by atoms with Crippen LogP contribution in [0.2, 0.25) is 0 Å². The number of aromatic nitrogens is 5. The molecule has 0 radical (unpaired) electrons. The first-order valence-electron chi connectivity index (χ1n) is 10.2. The molecule has 1 aliphatic heterocycles. The molecule has 5 rings (SSSR count). The molecule has 32 heavy (non-hydrogen) atoms. The van der Waals surface area contributed by atoms with E-state index in [9.17, 15) is 4.79 Å². The highest BCUT2D eigenvalue weighted by molar-refractivity contribution is 5.90. The van der Waals surface area contributed by atoms with Gasteiger partial charge in [0.05, 0.1) is 18.4 Å². The molecule has 4 heterocycles. The molecule has 0 atom stereocenters. The Morgan fingerprint density at radius 3 is 2.56 bits per heavy atom. The molecule has 3 aromatic rings. The minimum absolute atomic E-state index is 0. The second kappa shape index (κ2) is 10.1. The van der Waals surface area contributed by atoms with E-state index in [0.717, 1.165) is 49.3 Å². The van der Waals surface area contributed by atoms with Crippen molar-refractivity contribution in [3.05, 3.63) is 49.2 Å². The Labute approximate surface area is 198 Å². The smallest absolute Gasteiger partial charge is 0.415 e. The summed E-state index contributed by atoms with van der Waals surface area (Å²) in [5.41, 5.74) is 1.28. The van der Waals surface area contributed by atoms with Gasteiger partial charge in [-0.05, 0) is 49.8 Å². The molecule has 3 aromatic heterocycles. The van der Waals surface area contributed by atoms with Crippen LogP contribution in [-0.4, -0.2) is 49.9 Å². The van der Waals surface area contributed by atoms with Gasteiger partial charge in [-0.2, -0.15) is 5.10 Å². The Balaban J connectivity index is 0.00000144. The Bertz CT molecular complexity index is 995. The lowest BCUT2D eigenvalue weighted by Gasteiger charge is -2.35. The zero-order chi connectivity index (χ0) is 20.4. The van der Waals surface area contributed by atoms with Crippen LogP contribution in [0.15, 0.2) is 49.2 Å². The lowest BCUT2D eigenvalue weighted by Crippen LogP contribution is -2.39. The fourth-order valence-corrected chi connectivity index (χ4v) is 4.21. The van der Waals surface area contributed by atoms with Crippen LogP contribution in [-0.2, 0) is 4.74 Å². The molecule has 11 heteroatoms. The molecule has 1 spiro atoms. The summed E-state index contributed by atoms with van der Waals surface area (Å²) in [4.78, 5) is 26.9. The lowest BCUT2D eigenvalue weighted by atomic mass is 9.78. The third kappa shape index (κ3) is 4.94. The number of rotatable bonds is 5. The maximum Gasteiger partial charge on any atom is 0.415 e. The van der Waals surface area contributed by atoms with Crippen LogP contribution in [0.3, 0.4) is 0 Å². The van der Waals surface area contributed by atoms with Gasteiger partial charge in [0.15, 0.2) is 5.82 Å². The van der Waals surface area contributed by atoms with Gasteiger partial charge < -0.3 is 10.1 Å². The highest BCUT2D eigenvalue weighted by atomic mass is 35.5. The second-order valence-corrected chi connectivity index (χ2v) is 7.92. The van der Waals surface area contributed by atoms with E-state index in [4.69, 9.17) is 4.74 Å². The number of aromatic amines is 1. The summed E-state index contributed by atoms with van der Waals surface area (Å²) in [6.07, 6.45) is 12.1. The van der Waals surface area contributed by atoms with Crippen molar-refractivity contribution in [1.29, 1.82) is 0 Å². The quantitative estimate of drug-likeness (QED) is 0.568. The summed E-state index contributed by atoms with van der Waals surface area (Å²) in [5.74, 6) is 2.04. The average Bonchev–Trinajstić information content (AvgIpc) is 3.43. The Hall–Kier alpha value is -2.91. The number of anilines is 2. The van der Waals surface area contributed by atoms with Gasteiger partial charge >= 0.3 is 6.09 Å². The van der Waals surface area contributed by atoms with Crippen LogP contribution >= 0.6 is 24.8 Å². The summed E-state index contributed by atoms with van der Waals surface area (Å²) >= 11 is 0. The number of pyridine rings is 1. The van der Waals surface area contributed by atoms with Crippen LogP contribution in [0, 0.1) is 5.92 Å². The maximum absolute atomic E-state index is 12.3. The van der Waals surface area contributed by atoms with Gasteiger partial charge in [0, 0.05) is 36.9 Å². The van der Waals surface area contributed by atoms with Crippen molar-refractivity contribution in [2.75, 3.05) is 23.3 Å². The normalized spacial score (nSPS) is 22.1. The molecular formula is C21H25Cl2N7O2. The van der Waals surface area contributed by atoms with Gasteiger partial charge in [-0.15, -0.1) is 24.8 Å². The topological polar surface area (TPSA) is 109 Å². The van der Waals surface area contributed by atoms with Crippen molar-refractivity contribution in [3.8, 4) is 11.4 Å². The van der Waals surface area contributed by atoms with Crippen molar-refractivity contribution >= 4 is 42.4 Å². The van der Waals surface area contributed by atoms with Crippen LogP contribution < -0.4 is 10.2 Å². The predicted octanol–water partition coefficient (Wildman–Crippen LogP) is 4.10. The molecule has 0 bridgehead atoms. The van der Waals surface area contributed by atoms with Crippen molar-refractivity contribution in [2.24, 2.45) is 5.92 Å². The van der Waals surface area contributed by atoms with E-state index >= 15 is 0 Å². The number of nitrogens with one attached hydrogen (secondary N) is 2. The number of amides is 1. The van der Waals surface area contributed by atoms with Crippen LogP contribution in [0.25, 0.3) is 11.4 Å². The lowest BCUT2D eigenvalue weighted by molar-refractivity contribution is 0.0148. The van der Waals surface area contributed by atoms with Gasteiger partial charge in [-0.1, -0.05) is 0 Å². The number of ether oxygens (including phenoxy) is 1. The van der Waals surface area contributed by atoms with Gasteiger partial charge in [-0.25, -0.2) is 19.7 Å². The first kappa shape index (κ1) is 23.7. The number of nitrogens with zero attached hydrogens (tertiary/aromatic N) is 5. The van der Waals surface area contributed by atoms with Crippen molar-refractivity contribution < 1.29 is 9.53 Å². The minimum atomic E-state index is -0.375. The molecule has 2 aliphatic rings. The molecule has 2 N–H and O–H groups in total. The van der Waals surface area contributed by atoms with Gasteiger partial charge in [0.1, 0.15) is 11.4 Å². The van der Waals surface area contributed by atoms with Crippen molar-refractivity contribution in [1.82, 2.24) is 25.1 Å². The van der Waals surface area contributed by atoms with Crippen LogP contribution in [0.5, 0.6) is 0 Å². The van der Waals surface area contributed by atoms with E-state index < -0.39 is 0 Å². The zero-order valence-corrected chi connectivity index (χ0v) is 18.9. The molecule has 1 aliphatic carbocycles. The first-order valence-corrected chi connectivity index (χ1v) is 10.2. The summed E-state index contributed by atoms with van der Waals surface area (Å²) in [6.45, 7) is 1.44. The summed E-state index contributed by atoms with van der Waals surface area (Å²) in [7, 11) is 0. The van der Waals surface area contributed by atoms with E-state index in [1.807, 2.05) is 12.1 Å². The third-order valence-corrected chi connectivity index (χ3v) is 5.94.